The fourth-order valence-corrected chi connectivity index (χ4v) is 3.14. The maximum atomic E-state index is 12.5. The summed E-state index contributed by atoms with van der Waals surface area (Å²) >= 11 is 0. The van der Waals surface area contributed by atoms with E-state index in [0.717, 1.165) is 29.4 Å². The van der Waals surface area contributed by atoms with Crippen LogP contribution < -0.4 is 0 Å². The molecule has 1 saturated heterocycles. The van der Waals surface area contributed by atoms with Crippen LogP contribution in [-0.2, 0) is 0 Å². The first-order chi connectivity index (χ1) is 7.27. The van der Waals surface area contributed by atoms with E-state index in [1.165, 1.54) is 0 Å². The van der Waals surface area contributed by atoms with Crippen LogP contribution in [0.15, 0.2) is 0 Å². The minimum absolute atomic E-state index is 0.619. The summed E-state index contributed by atoms with van der Waals surface area (Å²) in [5.41, 5.74) is -2.02. The summed E-state index contributed by atoms with van der Waals surface area (Å²) in [4.78, 5) is 0. The number of nitrogens with zero attached hydrogens (tertiary/aromatic N) is 2. The molecule has 0 aromatic heterocycles. The first-order valence-electron chi connectivity index (χ1n) is 6.22. The normalized spacial score (nSPS) is 33.4. The van der Waals surface area contributed by atoms with Crippen LogP contribution >= 0.6 is 0 Å². The Hall–Kier alpha value is -0.160. The highest BCUT2D eigenvalue weighted by Gasteiger charge is 2.57. The van der Waals surface area contributed by atoms with Gasteiger partial charge in [-0.2, -0.15) is 0 Å². The summed E-state index contributed by atoms with van der Waals surface area (Å²) in [7, 11) is 0. The van der Waals surface area contributed by atoms with Crippen molar-refractivity contribution in [3.63, 3.8) is 0 Å². The predicted octanol–water partition coefficient (Wildman–Crippen LogP) is 2.82. The van der Waals surface area contributed by atoms with Gasteiger partial charge in [-0.1, -0.05) is 19.3 Å². The van der Waals surface area contributed by atoms with Crippen molar-refractivity contribution in [3.05, 3.63) is 10.4 Å². The van der Waals surface area contributed by atoms with Gasteiger partial charge in [-0.15, -0.1) is 0 Å². The molecule has 4 heteroatoms. The van der Waals surface area contributed by atoms with E-state index in [4.69, 9.17) is 0 Å². The van der Waals surface area contributed by atoms with Gasteiger partial charge in [0.05, 0.1) is 5.66 Å². The monoisotopic (exact) mass is 226 g/mol. The molecule has 2 aliphatic rings. The highest BCUT2D eigenvalue weighted by Crippen LogP contribution is 2.52. The Labute approximate surface area is 97.8 Å². The van der Waals surface area contributed by atoms with Gasteiger partial charge in [0.25, 0.3) is 0 Å². The van der Waals surface area contributed by atoms with Crippen LogP contribution in [0.3, 0.4) is 0 Å². The number of hydrogen-bond donors (Lipinski definition) is 0. The second-order valence-electron chi connectivity index (χ2n) is 6.25. The van der Waals surface area contributed by atoms with Crippen molar-refractivity contribution in [2.75, 3.05) is 0 Å². The highest BCUT2D eigenvalue weighted by atomic mass is 16.6. The minimum Gasteiger partial charge on any atom is -0.783 e. The molecular formula is C12H22N2O2-2. The Kier molecular flexibility index (Phi) is 2.63. The van der Waals surface area contributed by atoms with Crippen molar-refractivity contribution >= 4 is 0 Å². The molecule has 1 aliphatic carbocycles. The van der Waals surface area contributed by atoms with Gasteiger partial charge in [0.15, 0.2) is 0 Å². The lowest BCUT2D eigenvalue weighted by Crippen LogP contribution is -2.53. The third kappa shape index (κ3) is 1.24. The van der Waals surface area contributed by atoms with Gasteiger partial charge in [-0.3, -0.25) is 0 Å². The molecule has 0 unspecified atom stereocenters. The van der Waals surface area contributed by atoms with Gasteiger partial charge in [-0.25, -0.2) is 0 Å². The molecule has 0 bridgehead atoms. The average Bonchev–Trinajstić information content (AvgIpc) is 2.34. The fraction of sp³-hybridized carbons (Fsp3) is 1.00. The minimum atomic E-state index is -0.786. The van der Waals surface area contributed by atoms with Crippen molar-refractivity contribution in [1.82, 2.24) is 10.1 Å². The van der Waals surface area contributed by atoms with Gasteiger partial charge < -0.3 is 20.5 Å². The van der Waals surface area contributed by atoms with Crippen LogP contribution in [0, 0.1) is 10.4 Å². The molecule has 2 fully saturated rings. The van der Waals surface area contributed by atoms with Crippen LogP contribution in [0.2, 0.25) is 0 Å². The van der Waals surface area contributed by atoms with E-state index in [0.29, 0.717) is 12.8 Å². The number of hydroxylamine groups is 4. The molecule has 1 spiro atoms. The molecule has 2 rings (SSSR count). The smallest absolute Gasteiger partial charge is 0.0517 e. The predicted molar refractivity (Wildman–Crippen MR) is 64.4 cm³/mol. The third-order valence-corrected chi connectivity index (χ3v) is 4.92. The zero-order chi connectivity index (χ0) is 12.2. The van der Waals surface area contributed by atoms with E-state index in [9.17, 15) is 10.4 Å². The second-order valence-corrected chi connectivity index (χ2v) is 6.25. The molecule has 1 heterocycles. The van der Waals surface area contributed by atoms with Crippen molar-refractivity contribution in [2.24, 2.45) is 0 Å². The first-order valence-corrected chi connectivity index (χ1v) is 6.22. The molecule has 0 radical (unpaired) electrons. The average molecular weight is 226 g/mol. The van der Waals surface area contributed by atoms with E-state index >= 15 is 0 Å². The lowest BCUT2D eigenvalue weighted by molar-refractivity contribution is 0.00768. The zero-order valence-corrected chi connectivity index (χ0v) is 10.7. The van der Waals surface area contributed by atoms with Crippen LogP contribution in [0.5, 0.6) is 0 Å². The molecule has 4 nitrogen and oxygen atoms in total. The van der Waals surface area contributed by atoms with Crippen LogP contribution in [0.25, 0.3) is 0 Å². The van der Waals surface area contributed by atoms with Crippen molar-refractivity contribution in [3.8, 4) is 0 Å². The quantitative estimate of drug-likeness (QED) is 0.637. The summed E-state index contributed by atoms with van der Waals surface area (Å²) in [5, 5.41) is 27.2. The Morgan fingerprint density at radius 3 is 1.50 bits per heavy atom. The van der Waals surface area contributed by atoms with Gasteiger partial charge in [0.2, 0.25) is 0 Å². The number of rotatable bonds is 0. The standard InChI is InChI=1S/C12H22N2O2/c1-10(2)11(3,4)14(16)12(13(10)15)8-6-5-7-9-12/h5-9H2,1-4H3/q-2. The molecule has 1 aliphatic heterocycles. The zero-order valence-electron chi connectivity index (χ0n) is 10.7. The Bertz CT molecular complexity index is 261. The van der Waals surface area contributed by atoms with E-state index in [1.54, 1.807) is 0 Å². The molecule has 0 N–H and O–H groups in total. The van der Waals surface area contributed by atoms with E-state index in [-0.39, 0.29) is 0 Å². The summed E-state index contributed by atoms with van der Waals surface area (Å²) in [5.74, 6) is 0. The summed E-state index contributed by atoms with van der Waals surface area (Å²) < 4.78 is 0. The molecule has 0 aromatic carbocycles. The highest BCUT2D eigenvalue weighted by molar-refractivity contribution is 5.18. The van der Waals surface area contributed by atoms with Crippen molar-refractivity contribution in [2.45, 2.75) is 76.5 Å². The lowest BCUT2D eigenvalue weighted by atomic mass is 9.84. The summed E-state index contributed by atoms with van der Waals surface area (Å²) in [6, 6.07) is 0. The van der Waals surface area contributed by atoms with Crippen LogP contribution in [0.1, 0.15) is 59.8 Å². The Morgan fingerprint density at radius 2 is 1.12 bits per heavy atom. The molecule has 94 valence electrons. The lowest BCUT2D eigenvalue weighted by Gasteiger charge is -2.55. The third-order valence-electron chi connectivity index (χ3n) is 4.92. The van der Waals surface area contributed by atoms with Gasteiger partial charge in [0, 0.05) is 11.1 Å². The maximum absolute atomic E-state index is 12.5. The second kappa shape index (κ2) is 3.42. The van der Waals surface area contributed by atoms with Gasteiger partial charge in [-0.05, 0) is 40.5 Å². The molecule has 1 saturated carbocycles. The van der Waals surface area contributed by atoms with Crippen LogP contribution in [-0.4, -0.2) is 26.9 Å². The van der Waals surface area contributed by atoms with Crippen molar-refractivity contribution in [1.29, 1.82) is 0 Å². The molecule has 0 atom stereocenters. The van der Waals surface area contributed by atoms with Gasteiger partial charge >= 0.3 is 0 Å². The van der Waals surface area contributed by atoms with E-state index < -0.39 is 16.7 Å². The number of hydrogen-bond acceptors (Lipinski definition) is 4. The fourth-order valence-electron chi connectivity index (χ4n) is 3.14. The maximum Gasteiger partial charge on any atom is 0.0517 e. The first kappa shape index (κ1) is 12.3. The Morgan fingerprint density at radius 1 is 0.750 bits per heavy atom. The van der Waals surface area contributed by atoms with Crippen molar-refractivity contribution < 1.29 is 0 Å². The summed E-state index contributed by atoms with van der Waals surface area (Å²) in [6.07, 6.45) is 4.55. The molecule has 0 aromatic rings. The van der Waals surface area contributed by atoms with E-state index in [1.807, 2.05) is 27.7 Å². The largest absolute Gasteiger partial charge is 0.783 e. The van der Waals surface area contributed by atoms with Gasteiger partial charge in [0.1, 0.15) is 0 Å². The molecule has 0 amide bonds. The van der Waals surface area contributed by atoms with E-state index in [2.05, 4.69) is 0 Å². The van der Waals surface area contributed by atoms with Crippen LogP contribution in [0.4, 0.5) is 0 Å². The summed E-state index contributed by atoms with van der Waals surface area (Å²) in [6.45, 7) is 7.53. The topological polar surface area (TPSA) is 52.6 Å². The SMILES string of the molecule is CC1(C)N([O-])C2(CCCCC2)N([O-])C1(C)C. The molecular weight excluding hydrogens is 204 g/mol. The molecule has 16 heavy (non-hydrogen) atoms. The Balaban J connectivity index is 2.41.